The lowest BCUT2D eigenvalue weighted by atomic mass is 10.1. The molecule has 0 saturated carbocycles. The van der Waals surface area contributed by atoms with Crippen molar-refractivity contribution < 1.29 is 31.8 Å². The smallest absolute Gasteiger partial charge is 0.246 e. The number of aliphatic hydroxyl groups is 1. The number of nitrogens with one attached hydrogen (secondary N) is 2. The molecule has 0 aromatic carbocycles. The van der Waals surface area contributed by atoms with Crippen LogP contribution in [0.5, 0.6) is 0 Å². The number of rotatable bonds is 12. The van der Waals surface area contributed by atoms with Gasteiger partial charge in [-0.2, -0.15) is 0 Å². The van der Waals surface area contributed by atoms with Crippen LogP contribution in [0.2, 0.25) is 0 Å². The average Bonchev–Trinajstić information content (AvgIpc) is 2.45. The first-order valence-electron chi connectivity index (χ1n) is 6.79. The molecule has 0 heterocycles. The molecule has 0 atom stereocenters. The summed E-state index contributed by atoms with van der Waals surface area (Å²) in [7, 11) is 0. The van der Waals surface area contributed by atoms with Gasteiger partial charge in [-0.05, 0) is 0 Å². The lowest BCUT2D eigenvalue weighted by Gasteiger charge is -2.08. The van der Waals surface area contributed by atoms with E-state index in [1.54, 1.807) is 13.8 Å². The summed E-state index contributed by atoms with van der Waals surface area (Å²) in [5.41, 5.74) is 0. The molecule has 0 fully saturated rings. The van der Waals surface area contributed by atoms with E-state index in [0.29, 0.717) is 6.54 Å². The van der Waals surface area contributed by atoms with E-state index in [2.05, 4.69) is 10.6 Å². The number of aliphatic hydroxyl groups excluding tert-OH is 1. The summed E-state index contributed by atoms with van der Waals surface area (Å²) < 4.78 is 10.1. The Morgan fingerprint density at radius 3 is 2.05 bits per heavy atom. The highest BCUT2D eigenvalue weighted by Gasteiger charge is 2.07. The van der Waals surface area contributed by atoms with Crippen molar-refractivity contribution in [2.45, 2.75) is 13.8 Å². The monoisotopic (exact) mass is 308 g/mol. The van der Waals surface area contributed by atoms with Gasteiger partial charge < -0.3 is 25.2 Å². The molecule has 0 radical (unpaired) electrons. The number of ketones is 1. The lowest BCUT2D eigenvalue weighted by molar-refractivity contribution is -0.127. The number of Topliss-reactive ketones (excluding diaryl/α,β-unsaturated/α-hetero) is 1. The highest BCUT2D eigenvalue weighted by molar-refractivity contribution is 5.81. The van der Waals surface area contributed by atoms with Gasteiger partial charge in [0.25, 0.3) is 0 Å². The summed E-state index contributed by atoms with van der Waals surface area (Å²) >= 11 is 0. The van der Waals surface area contributed by atoms with Crippen LogP contribution >= 0.6 is 0 Å². The van der Waals surface area contributed by atoms with Crippen molar-refractivity contribution in [3.63, 3.8) is 0 Å². The Balaban J connectivity index is -0.00000200. The van der Waals surface area contributed by atoms with Crippen LogP contribution in [0, 0.1) is 5.92 Å². The second-order valence-electron chi connectivity index (χ2n) is 4.58. The zero-order valence-electron chi connectivity index (χ0n) is 12.5. The Morgan fingerprint density at radius 2 is 1.52 bits per heavy atom. The van der Waals surface area contributed by atoms with E-state index < -0.39 is 12.5 Å². The second kappa shape index (κ2) is 12.2. The first kappa shape index (κ1) is 19.5. The minimum atomic E-state index is -0.570. The van der Waals surface area contributed by atoms with Crippen LogP contribution < -0.4 is 10.6 Å². The van der Waals surface area contributed by atoms with E-state index in [4.69, 9.17) is 14.6 Å². The first-order valence-corrected chi connectivity index (χ1v) is 6.79. The number of ether oxygens (including phenoxy) is 2. The van der Waals surface area contributed by atoms with Crippen LogP contribution in [0.25, 0.3) is 0 Å². The maximum absolute atomic E-state index is 11.3. The van der Waals surface area contributed by atoms with Gasteiger partial charge in [-0.25, -0.2) is 0 Å². The van der Waals surface area contributed by atoms with Gasteiger partial charge in [-0.1, -0.05) is 13.8 Å². The number of hydrogen-bond donors (Lipinski definition) is 3. The molecule has 8 heteroatoms. The third-order valence-corrected chi connectivity index (χ3v) is 2.40. The van der Waals surface area contributed by atoms with E-state index in [-0.39, 0.29) is 53.4 Å². The fraction of sp³-hybridized carbons (Fsp3) is 0.769. The molecule has 21 heavy (non-hydrogen) atoms. The Hall–Kier alpha value is -1.51. The maximum Gasteiger partial charge on any atom is 0.246 e. The molecular formula is C13H28N2O6. The van der Waals surface area contributed by atoms with E-state index in [1.807, 2.05) is 0 Å². The predicted molar refractivity (Wildman–Crippen MR) is 78.8 cm³/mol. The molecule has 0 unspecified atom stereocenters. The van der Waals surface area contributed by atoms with Crippen molar-refractivity contribution in [1.29, 1.82) is 0 Å². The van der Waals surface area contributed by atoms with Crippen molar-refractivity contribution in [2.24, 2.45) is 5.92 Å². The molecule has 0 aliphatic heterocycles. The van der Waals surface area contributed by atoms with Crippen molar-refractivity contribution in [2.75, 3.05) is 46.1 Å². The van der Waals surface area contributed by atoms with Crippen molar-refractivity contribution in [3.05, 3.63) is 0 Å². The van der Waals surface area contributed by atoms with Gasteiger partial charge in [-0.3, -0.25) is 14.4 Å². The summed E-state index contributed by atoms with van der Waals surface area (Å²) in [6.45, 7) is 3.92. The fourth-order valence-corrected chi connectivity index (χ4v) is 1.14. The van der Waals surface area contributed by atoms with Crippen LogP contribution in [-0.2, 0) is 23.9 Å². The van der Waals surface area contributed by atoms with Crippen LogP contribution in [0.3, 0.4) is 0 Å². The molecule has 2 amide bonds. The van der Waals surface area contributed by atoms with E-state index >= 15 is 0 Å². The van der Waals surface area contributed by atoms with E-state index in [1.165, 1.54) is 0 Å². The molecule has 0 rings (SSSR count). The average molecular weight is 308 g/mol. The van der Waals surface area contributed by atoms with Gasteiger partial charge in [0.05, 0.1) is 13.2 Å². The van der Waals surface area contributed by atoms with Crippen LogP contribution in [0.15, 0.2) is 0 Å². The maximum atomic E-state index is 11.3. The number of carbonyl (C=O) groups excluding carboxylic acids is 3. The molecule has 8 nitrogen and oxygen atoms in total. The SMILES string of the molecule is CC(C)C(=O)COCCNC(=O)COCCNC(=O)CO.[HH].[HH]. The minimum absolute atomic E-state index is 0. The largest absolute Gasteiger partial charge is 0.387 e. The van der Waals surface area contributed by atoms with Crippen molar-refractivity contribution in [3.8, 4) is 0 Å². The molecular weight excluding hydrogens is 280 g/mol. The Bertz CT molecular complexity index is 342. The van der Waals surface area contributed by atoms with E-state index in [0.717, 1.165) is 0 Å². The molecule has 0 aliphatic rings. The zero-order valence-corrected chi connectivity index (χ0v) is 12.5. The quantitative estimate of drug-likeness (QED) is 0.397. The van der Waals surface area contributed by atoms with Crippen LogP contribution in [0.4, 0.5) is 0 Å². The molecule has 0 saturated heterocycles. The van der Waals surface area contributed by atoms with Crippen molar-refractivity contribution >= 4 is 17.6 Å². The summed E-state index contributed by atoms with van der Waals surface area (Å²) in [5.74, 6) is -0.827. The number of amides is 2. The molecule has 0 aromatic rings. The van der Waals surface area contributed by atoms with Crippen molar-refractivity contribution in [1.82, 2.24) is 10.6 Å². The first-order chi connectivity index (χ1) is 9.97. The standard InChI is InChI=1S/C13H24N2O6.2H2/c1-10(2)11(17)8-20-5-4-15-13(19)9-21-6-3-14-12(18)7-16;;/h10,16H,3-9H2,1-2H3,(H,14,18)(H,15,19);2*1H. The number of carbonyl (C=O) groups is 3. The highest BCUT2D eigenvalue weighted by Crippen LogP contribution is 1.93. The third-order valence-electron chi connectivity index (χ3n) is 2.40. The minimum Gasteiger partial charge on any atom is -0.387 e. The molecule has 0 aliphatic carbocycles. The summed E-state index contributed by atoms with van der Waals surface area (Å²) in [4.78, 5) is 33.2. The molecule has 0 aromatic heterocycles. The van der Waals surface area contributed by atoms with Gasteiger partial charge in [0, 0.05) is 21.9 Å². The molecule has 126 valence electrons. The van der Waals surface area contributed by atoms with Gasteiger partial charge in [-0.15, -0.1) is 0 Å². The van der Waals surface area contributed by atoms with Gasteiger partial charge in [0.1, 0.15) is 19.8 Å². The highest BCUT2D eigenvalue weighted by atomic mass is 16.5. The Labute approximate surface area is 127 Å². The zero-order chi connectivity index (χ0) is 16.1. The lowest BCUT2D eigenvalue weighted by Crippen LogP contribution is -2.33. The fourth-order valence-electron chi connectivity index (χ4n) is 1.14. The van der Waals surface area contributed by atoms with Gasteiger partial charge >= 0.3 is 0 Å². The summed E-state index contributed by atoms with van der Waals surface area (Å²) in [6.07, 6.45) is 0. The third kappa shape index (κ3) is 12.0. The van der Waals surface area contributed by atoms with Crippen LogP contribution in [0.1, 0.15) is 16.7 Å². The topological polar surface area (TPSA) is 114 Å². The second-order valence-corrected chi connectivity index (χ2v) is 4.58. The van der Waals surface area contributed by atoms with Crippen LogP contribution in [-0.4, -0.2) is 68.8 Å². The predicted octanol–water partition coefficient (Wildman–Crippen LogP) is -1.04. The molecule has 0 spiro atoms. The Kier molecular flexibility index (Phi) is 11.4. The summed E-state index contributed by atoms with van der Waals surface area (Å²) in [6, 6.07) is 0. The van der Waals surface area contributed by atoms with E-state index in [9.17, 15) is 14.4 Å². The van der Waals surface area contributed by atoms with Gasteiger partial charge in [0.15, 0.2) is 5.78 Å². The molecule has 3 N–H and O–H groups in total. The Morgan fingerprint density at radius 1 is 1.00 bits per heavy atom. The molecule has 0 bridgehead atoms. The number of hydrogen-bond acceptors (Lipinski definition) is 6. The van der Waals surface area contributed by atoms with Gasteiger partial charge in [0.2, 0.25) is 11.8 Å². The normalized spacial score (nSPS) is 10.5. The summed E-state index contributed by atoms with van der Waals surface area (Å²) in [5, 5.41) is 13.4.